The second-order valence-electron chi connectivity index (χ2n) is 4.16. The molecule has 1 unspecified atom stereocenters. The van der Waals surface area contributed by atoms with E-state index in [-0.39, 0.29) is 6.10 Å². The largest absolute Gasteiger partial charge is 0.379 e. The normalized spacial score (nSPS) is 11.1. The predicted octanol–water partition coefficient (Wildman–Crippen LogP) is 4.37. The molecule has 14 heavy (non-hydrogen) atoms. The number of unbranched alkanes of at least 4 members (excludes halogenated alkanes) is 7. The average Bonchev–Trinajstić information content (AvgIpc) is 2.15. The minimum atomic E-state index is 0.152. The number of hydrogen-bond donors (Lipinski definition) is 0. The summed E-state index contributed by atoms with van der Waals surface area (Å²) in [6, 6.07) is 0. The number of rotatable bonds is 10. The fourth-order valence-electron chi connectivity index (χ4n) is 1.52. The Morgan fingerprint density at radius 1 is 0.929 bits per heavy atom. The summed E-state index contributed by atoms with van der Waals surface area (Å²) in [5.41, 5.74) is 0. The Hall–Kier alpha value is -0.0400. The van der Waals surface area contributed by atoms with Crippen molar-refractivity contribution in [3.8, 4) is 0 Å². The van der Waals surface area contributed by atoms with Crippen LogP contribution in [-0.2, 0) is 4.74 Å². The Labute approximate surface area is 90.2 Å². The van der Waals surface area contributed by atoms with Crippen molar-refractivity contribution in [2.24, 2.45) is 0 Å². The van der Waals surface area contributed by atoms with Gasteiger partial charge in [0.05, 0.1) is 6.10 Å². The van der Waals surface area contributed by atoms with Crippen LogP contribution in [0.1, 0.15) is 65.2 Å². The van der Waals surface area contributed by atoms with Gasteiger partial charge in [-0.1, -0.05) is 51.9 Å². The predicted molar refractivity (Wildman–Crippen MR) is 63.4 cm³/mol. The Bertz CT molecular complexity index is 99.4. The van der Waals surface area contributed by atoms with Crippen LogP contribution in [0.5, 0.6) is 0 Å². The second kappa shape index (κ2) is 11.0. The summed E-state index contributed by atoms with van der Waals surface area (Å²) in [5.74, 6) is 0. The molecule has 85 valence electrons. The molecule has 0 bridgehead atoms. The minimum absolute atomic E-state index is 0.152. The summed E-state index contributed by atoms with van der Waals surface area (Å²) in [5, 5.41) is 0. The van der Waals surface area contributed by atoms with E-state index in [1.807, 2.05) is 6.92 Å². The Morgan fingerprint density at radius 3 is 1.93 bits per heavy atom. The van der Waals surface area contributed by atoms with E-state index >= 15 is 0 Å². The molecule has 0 aromatic heterocycles. The van der Waals surface area contributed by atoms with Gasteiger partial charge in [-0.15, -0.1) is 0 Å². The Morgan fingerprint density at radius 2 is 1.43 bits per heavy atom. The fraction of sp³-hybridized carbons (Fsp3) is 0.923. The first-order chi connectivity index (χ1) is 6.77. The molecule has 1 heteroatoms. The first kappa shape index (κ1) is 14.0. The summed E-state index contributed by atoms with van der Waals surface area (Å²) < 4.78 is 5.38. The molecule has 0 saturated heterocycles. The molecule has 1 nitrogen and oxygen atoms in total. The topological polar surface area (TPSA) is 9.23 Å². The minimum Gasteiger partial charge on any atom is -0.379 e. The second-order valence-corrected chi connectivity index (χ2v) is 4.16. The molecule has 1 atom stereocenters. The highest BCUT2D eigenvalue weighted by atomic mass is 16.5. The Balaban J connectivity index is 2.85. The molecule has 0 aliphatic rings. The fourth-order valence-corrected chi connectivity index (χ4v) is 1.52. The molecule has 0 heterocycles. The van der Waals surface area contributed by atoms with E-state index < -0.39 is 0 Å². The van der Waals surface area contributed by atoms with Gasteiger partial charge < -0.3 is 4.74 Å². The van der Waals surface area contributed by atoms with Crippen LogP contribution in [0, 0.1) is 6.92 Å². The zero-order chi connectivity index (χ0) is 10.6. The third-order valence-corrected chi connectivity index (χ3v) is 2.40. The van der Waals surface area contributed by atoms with Crippen molar-refractivity contribution in [3.05, 3.63) is 6.92 Å². The smallest absolute Gasteiger partial charge is 0.0547 e. The van der Waals surface area contributed by atoms with Gasteiger partial charge in [0.25, 0.3) is 0 Å². The van der Waals surface area contributed by atoms with E-state index in [0.717, 1.165) is 6.61 Å². The lowest BCUT2D eigenvalue weighted by Gasteiger charge is -2.06. The van der Waals surface area contributed by atoms with Crippen LogP contribution in [0.4, 0.5) is 0 Å². The molecule has 0 N–H and O–H groups in total. The van der Waals surface area contributed by atoms with Crippen LogP contribution in [0.3, 0.4) is 0 Å². The summed E-state index contributed by atoms with van der Waals surface area (Å²) in [6.45, 7) is 8.92. The lowest BCUT2D eigenvalue weighted by atomic mass is 10.1. The van der Waals surface area contributed by atoms with Gasteiger partial charge in [-0.2, -0.15) is 0 Å². The van der Waals surface area contributed by atoms with E-state index in [0.29, 0.717) is 0 Å². The van der Waals surface area contributed by atoms with Crippen molar-refractivity contribution in [2.45, 2.75) is 71.3 Å². The lowest BCUT2D eigenvalue weighted by Crippen LogP contribution is -2.03. The molecule has 0 aromatic rings. The first-order valence-corrected chi connectivity index (χ1v) is 6.22. The number of ether oxygens (including phenoxy) is 1. The Kier molecular flexibility index (Phi) is 11.0. The van der Waals surface area contributed by atoms with Crippen LogP contribution in [0.2, 0.25) is 0 Å². The highest BCUT2D eigenvalue weighted by Gasteiger charge is 1.94. The zero-order valence-electron chi connectivity index (χ0n) is 10.1. The van der Waals surface area contributed by atoms with Crippen LogP contribution in [-0.4, -0.2) is 12.7 Å². The van der Waals surface area contributed by atoms with E-state index in [4.69, 9.17) is 4.74 Å². The molecule has 0 saturated carbocycles. The average molecular weight is 199 g/mol. The highest BCUT2D eigenvalue weighted by Crippen LogP contribution is 2.08. The molecule has 0 aliphatic heterocycles. The van der Waals surface area contributed by atoms with E-state index in [1.165, 1.54) is 51.4 Å². The molecule has 0 aliphatic carbocycles. The molecule has 0 fully saturated rings. The van der Waals surface area contributed by atoms with E-state index in [9.17, 15) is 0 Å². The van der Waals surface area contributed by atoms with Gasteiger partial charge in [-0.3, -0.25) is 0 Å². The maximum atomic E-state index is 5.38. The molecule has 0 aromatic carbocycles. The standard InChI is InChI=1S/C13H27O/c1-4-5-6-7-8-9-10-11-12-14-13(2)3/h13H,2,4-12H2,1,3H3. The monoisotopic (exact) mass is 199 g/mol. The third-order valence-electron chi connectivity index (χ3n) is 2.40. The van der Waals surface area contributed by atoms with Crippen molar-refractivity contribution in [1.82, 2.24) is 0 Å². The molecule has 1 radical (unpaired) electrons. The maximum Gasteiger partial charge on any atom is 0.0547 e. The van der Waals surface area contributed by atoms with Crippen molar-refractivity contribution in [1.29, 1.82) is 0 Å². The van der Waals surface area contributed by atoms with E-state index in [2.05, 4.69) is 13.8 Å². The molecular formula is C13H27O. The van der Waals surface area contributed by atoms with Crippen LogP contribution in [0.25, 0.3) is 0 Å². The molecule has 0 rings (SSSR count). The summed E-state index contributed by atoms with van der Waals surface area (Å²) in [6.07, 6.45) is 11.0. The summed E-state index contributed by atoms with van der Waals surface area (Å²) >= 11 is 0. The molecule has 0 amide bonds. The van der Waals surface area contributed by atoms with Crippen molar-refractivity contribution >= 4 is 0 Å². The van der Waals surface area contributed by atoms with Crippen molar-refractivity contribution in [3.63, 3.8) is 0 Å². The first-order valence-electron chi connectivity index (χ1n) is 6.22. The van der Waals surface area contributed by atoms with Gasteiger partial charge in [0, 0.05) is 6.61 Å². The van der Waals surface area contributed by atoms with E-state index in [1.54, 1.807) is 0 Å². The third kappa shape index (κ3) is 12.0. The van der Waals surface area contributed by atoms with Gasteiger partial charge in [-0.25, -0.2) is 0 Å². The highest BCUT2D eigenvalue weighted by molar-refractivity contribution is 4.50. The summed E-state index contributed by atoms with van der Waals surface area (Å²) in [7, 11) is 0. The quantitative estimate of drug-likeness (QED) is 0.475. The van der Waals surface area contributed by atoms with Gasteiger partial charge >= 0.3 is 0 Å². The van der Waals surface area contributed by atoms with Gasteiger partial charge in [0.1, 0.15) is 0 Å². The lowest BCUT2D eigenvalue weighted by molar-refractivity contribution is 0.0921. The molecule has 0 spiro atoms. The van der Waals surface area contributed by atoms with Crippen LogP contribution >= 0.6 is 0 Å². The van der Waals surface area contributed by atoms with Gasteiger partial charge in [-0.05, 0) is 20.3 Å². The van der Waals surface area contributed by atoms with Crippen LogP contribution in [0.15, 0.2) is 0 Å². The maximum absolute atomic E-state index is 5.38. The van der Waals surface area contributed by atoms with Crippen molar-refractivity contribution < 1.29 is 4.74 Å². The van der Waals surface area contributed by atoms with Crippen molar-refractivity contribution in [2.75, 3.05) is 6.61 Å². The molecular weight excluding hydrogens is 172 g/mol. The number of hydrogen-bond acceptors (Lipinski definition) is 1. The van der Waals surface area contributed by atoms with Crippen LogP contribution < -0.4 is 0 Å². The SMILES string of the molecule is [CH2]C(C)OCCCCCCCCCC. The zero-order valence-corrected chi connectivity index (χ0v) is 10.1. The van der Waals surface area contributed by atoms with Gasteiger partial charge in [0.2, 0.25) is 0 Å². The summed E-state index contributed by atoms with van der Waals surface area (Å²) in [4.78, 5) is 0. The van der Waals surface area contributed by atoms with Gasteiger partial charge in [0.15, 0.2) is 0 Å².